The van der Waals surface area contributed by atoms with E-state index in [2.05, 4.69) is 5.32 Å². The summed E-state index contributed by atoms with van der Waals surface area (Å²) in [5.74, 6) is 0. The van der Waals surface area contributed by atoms with Crippen LogP contribution in [0.3, 0.4) is 0 Å². The van der Waals surface area contributed by atoms with Crippen LogP contribution >= 0.6 is 11.6 Å². The summed E-state index contributed by atoms with van der Waals surface area (Å²) in [6.45, 7) is 0. The highest BCUT2D eigenvalue weighted by Gasteiger charge is 2.33. The summed E-state index contributed by atoms with van der Waals surface area (Å²) < 4.78 is 38.1. The first kappa shape index (κ1) is 15.0. The number of hydrogen-bond donors (Lipinski definition) is 2. The molecule has 0 radical (unpaired) electrons. The molecule has 2 rings (SSSR count). The molecule has 21 heavy (non-hydrogen) atoms. The molecule has 0 aliphatic carbocycles. The van der Waals surface area contributed by atoms with Crippen molar-refractivity contribution in [2.75, 3.05) is 11.1 Å². The molecule has 0 fully saturated rings. The van der Waals surface area contributed by atoms with Crippen molar-refractivity contribution in [1.82, 2.24) is 0 Å². The molecular weight excluding hydrogens is 303 g/mol. The number of nitriles is 1. The summed E-state index contributed by atoms with van der Waals surface area (Å²) in [5, 5.41) is 12.0. The molecule has 3 N–H and O–H groups in total. The van der Waals surface area contributed by atoms with Crippen LogP contribution in [0, 0.1) is 11.3 Å². The second kappa shape index (κ2) is 5.54. The zero-order valence-electron chi connectivity index (χ0n) is 10.5. The molecule has 0 saturated heterocycles. The Hall–Kier alpha value is -2.39. The van der Waals surface area contributed by atoms with Crippen molar-refractivity contribution >= 4 is 28.7 Å². The van der Waals surface area contributed by atoms with Gasteiger partial charge in [-0.05, 0) is 36.4 Å². The third-order valence-corrected chi connectivity index (χ3v) is 3.04. The second-order valence-electron chi connectivity index (χ2n) is 4.23. The minimum Gasteiger partial charge on any atom is -0.399 e. The van der Waals surface area contributed by atoms with E-state index in [-0.39, 0.29) is 0 Å². The van der Waals surface area contributed by atoms with Crippen molar-refractivity contribution in [3.05, 3.63) is 52.5 Å². The predicted octanol–water partition coefficient (Wildman–Crippen LogP) is 4.56. The highest BCUT2D eigenvalue weighted by atomic mass is 35.5. The van der Waals surface area contributed by atoms with Gasteiger partial charge in [0.25, 0.3) is 0 Å². The summed E-state index contributed by atoms with van der Waals surface area (Å²) in [7, 11) is 0. The Kier molecular flexibility index (Phi) is 3.96. The third-order valence-electron chi connectivity index (χ3n) is 2.71. The Morgan fingerprint density at radius 1 is 1.14 bits per heavy atom. The van der Waals surface area contributed by atoms with E-state index in [1.807, 2.05) is 0 Å². The van der Waals surface area contributed by atoms with Crippen molar-refractivity contribution in [3.63, 3.8) is 0 Å². The Labute approximate surface area is 123 Å². The number of nitrogens with two attached hydrogens (primary N) is 1. The zero-order chi connectivity index (χ0) is 15.6. The lowest BCUT2D eigenvalue weighted by Gasteiger charge is -2.12. The van der Waals surface area contributed by atoms with Crippen molar-refractivity contribution < 1.29 is 13.2 Å². The Bertz CT molecular complexity index is 720. The fraction of sp³-hybridized carbons (Fsp3) is 0.0714. The number of hydrogen-bond acceptors (Lipinski definition) is 3. The maximum Gasteiger partial charge on any atom is 0.417 e. The van der Waals surface area contributed by atoms with Crippen LogP contribution in [0.4, 0.5) is 30.2 Å². The standard InChI is InChI=1S/C14H9ClF3N3/c15-12-4-1-9(20)6-13(12)21-10-2-3-11(14(16,17)18)8(5-10)7-19/h1-6,21H,20H2. The summed E-state index contributed by atoms with van der Waals surface area (Å²) in [6, 6.07) is 9.43. The van der Waals surface area contributed by atoms with Gasteiger partial charge in [-0.2, -0.15) is 18.4 Å². The van der Waals surface area contributed by atoms with Gasteiger partial charge in [0.15, 0.2) is 0 Å². The largest absolute Gasteiger partial charge is 0.417 e. The van der Waals surface area contributed by atoms with Gasteiger partial charge >= 0.3 is 6.18 Å². The van der Waals surface area contributed by atoms with Crippen molar-refractivity contribution in [1.29, 1.82) is 5.26 Å². The average molecular weight is 312 g/mol. The Balaban J connectivity index is 2.39. The van der Waals surface area contributed by atoms with E-state index in [1.165, 1.54) is 12.1 Å². The minimum atomic E-state index is -4.57. The van der Waals surface area contributed by atoms with Crippen LogP contribution in [0.25, 0.3) is 0 Å². The third kappa shape index (κ3) is 3.38. The topological polar surface area (TPSA) is 61.8 Å². The monoisotopic (exact) mass is 311 g/mol. The van der Waals surface area contributed by atoms with E-state index in [1.54, 1.807) is 18.2 Å². The van der Waals surface area contributed by atoms with Gasteiger partial charge in [-0.1, -0.05) is 11.6 Å². The highest BCUT2D eigenvalue weighted by molar-refractivity contribution is 6.33. The van der Waals surface area contributed by atoms with Gasteiger partial charge in [0.05, 0.1) is 27.9 Å². The van der Waals surface area contributed by atoms with E-state index >= 15 is 0 Å². The lowest BCUT2D eigenvalue weighted by atomic mass is 10.1. The second-order valence-corrected chi connectivity index (χ2v) is 4.64. The lowest BCUT2D eigenvalue weighted by molar-refractivity contribution is -0.137. The molecule has 2 aromatic carbocycles. The normalized spacial score (nSPS) is 11.0. The average Bonchev–Trinajstić information content (AvgIpc) is 2.41. The molecule has 0 aliphatic rings. The molecule has 7 heteroatoms. The molecule has 0 saturated carbocycles. The maximum atomic E-state index is 12.7. The molecule has 0 atom stereocenters. The molecule has 0 spiro atoms. The Morgan fingerprint density at radius 3 is 2.48 bits per heavy atom. The number of nitrogens with one attached hydrogen (secondary N) is 1. The van der Waals surface area contributed by atoms with Gasteiger partial charge in [-0.25, -0.2) is 0 Å². The van der Waals surface area contributed by atoms with E-state index < -0.39 is 17.3 Å². The van der Waals surface area contributed by atoms with Crippen LogP contribution in [-0.4, -0.2) is 0 Å². The van der Waals surface area contributed by atoms with Gasteiger partial charge in [0.1, 0.15) is 0 Å². The molecule has 108 valence electrons. The molecule has 0 bridgehead atoms. The molecule has 3 nitrogen and oxygen atoms in total. The zero-order valence-corrected chi connectivity index (χ0v) is 11.3. The lowest BCUT2D eigenvalue weighted by Crippen LogP contribution is -2.08. The quantitative estimate of drug-likeness (QED) is 0.799. The van der Waals surface area contributed by atoms with Crippen LogP contribution < -0.4 is 11.1 Å². The molecule has 0 unspecified atom stereocenters. The van der Waals surface area contributed by atoms with Crippen molar-refractivity contribution in [3.8, 4) is 6.07 Å². The van der Waals surface area contributed by atoms with E-state index in [4.69, 9.17) is 22.6 Å². The first-order chi connectivity index (χ1) is 9.81. The number of nitrogens with zero attached hydrogens (tertiary/aromatic N) is 1. The van der Waals surface area contributed by atoms with Gasteiger partial charge in [0, 0.05) is 11.4 Å². The maximum absolute atomic E-state index is 12.7. The van der Waals surface area contributed by atoms with E-state index in [9.17, 15) is 13.2 Å². The molecule has 0 heterocycles. The first-order valence-corrected chi connectivity index (χ1v) is 6.12. The Morgan fingerprint density at radius 2 is 1.86 bits per heavy atom. The van der Waals surface area contributed by atoms with Crippen LogP contribution in [0.1, 0.15) is 11.1 Å². The van der Waals surface area contributed by atoms with Gasteiger partial charge in [-0.15, -0.1) is 0 Å². The number of halogens is 4. The summed E-state index contributed by atoms with van der Waals surface area (Å²) in [5.41, 5.74) is 5.39. The smallest absolute Gasteiger partial charge is 0.399 e. The number of rotatable bonds is 2. The van der Waals surface area contributed by atoms with E-state index in [0.29, 0.717) is 22.1 Å². The number of alkyl halides is 3. The molecule has 0 aromatic heterocycles. The summed E-state index contributed by atoms with van der Waals surface area (Å²) in [4.78, 5) is 0. The van der Waals surface area contributed by atoms with Crippen LogP contribution in [0.5, 0.6) is 0 Å². The summed E-state index contributed by atoms with van der Waals surface area (Å²) >= 11 is 5.96. The SMILES string of the molecule is N#Cc1cc(Nc2cc(N)ccc2Cl)ccc1C(F)(F)F. The number of anilines is 3. The highest BCUT2D eigenvalue weighted by Crippen LogP contribution is 2.34. The first-order valence-electron chi connectivity index (χ1n) is 5.74. The molecule has 0 amide bonds. The van der Waals surface area contributed by atoms with Gasteiger partial charge in [0.2, 0.25) is 0 Å². The van der Waals surface area contributed by atoms with Crippen LogP contribution in [0.2, 0.25) is 5.02 Å². The molecule has 2 aromatic rings. The van der Waals surface area contributed by atoms with E-state index in [0.717, 1.165) is 12.1 Å². The molecular formula is C14H9ClF3N3. The molecule has 0 aliphatic heterocycles. The number of nitrogen functional groups attached to an aromatic ring is 1. The summed E-state index contributed by atoms with van der Waals surface area (Å²) in [6.07, 6.45) is -4.57. The van der Waals surface area contributed by atoms with Crippen LogP contribution in [0.15, 0.2) is 36.4 Å². The van der Waals surface area contributed by atoms with Crippen molar-refractivity contribution in [2.24, 2.45) is 0 Å². The minimum absolute atomic E-state index is 0.312. The number of benzene rings is 2. The fourth-order valence-corrected chi connectivity index (χ4v) is 1.92. The van der Waals surface area contributed by atoms with Gasteiger partial charge in [-0.3, -0.25) is 0 Å². The van der Waals surface area contributed by atoms with Crippen molar-refractivity contribution in [2.45, 2.75) is 6.18 Å². The predicted molar refractivity (Wildman–Crippen MR) is 75.3 cm³/mol. The van der Waals surface area contributed by atoms with Gasteiger partial charge < -0.3 is 11.1 Å². The van der Waals surface area contributed by atoms with Crippen LogP contribution in [-0.2, 0) is 6.18 Å². The fourth-order valence-electron chi connectivity index (χ4n) is 1.76.